The van der Waals surface area contributed by atoms with Gasteiger partial charge in [-0.2, -0.15) is 0 Å². The number of rotatable bonds is 12. The number of carbonyl (C=O) groups excluding carboxylic acids is 2. The van der Waals surface area contributed by atoms with E-state index in [4.69, 9.17) is 11.6 Å². The van der Waals surface area contributed by atoms with E-state index in [9.17, 15) is 18.0 Å². The number of hydrogen-bond acceptors (Lipinski definition) is 4. The van der Waals surface area contributed by atoms with Crippen molar-refractivity contribution in [3.8, 4) is 0 Å². The lowest BCUT2D eigenvalue weighted by atomic mass is 10.0. The highest BCUT2D eigenvalue weighted by Gasteiger charge is 2.34. The smallest absolute Gasteiger partial charge is 0.264 e. The van der Waals surface area contributed by atoms with E-state index < -0.39 is 28.5 Å². The van der Waals surface area contributed by atoms with Gasteiger partial charge in [0.15, 0.2) is 0 Å². The van der Waals surface area contributed by atoms with Gasteiger partial charge in [-0.05, 0) is 53.4 Å². The number of sulfonamides is 1. The Bertz CT molecular complexity index is 1600. The van der Waals surface area contributed by atoms with Gasteiger partial charge in [0.2, 0.25) is 11.8 Å². The van der Waals surface area contributed by atoms with Crippen LogP contribution in [0.1, 0.15) is 23.6 Å². The molecule has 7 nitrogen and oxygen atoms in total. The number of nitrogens with zero attached hydrogens (tertiary/aromatic N) is 2. The molecule has 0 saturated carbocycles. The van der Waals surface area contributed by atoms with E-state index in [2.05, 4.69) is 5.32 Å². The second kappa shape index (κ2) is 14.2. The van der Waals surface area contributed by atoms with Crippen LogP contribution in [0.2, 0.25) is 5.02 Å². The Kier molecular flexibility index (Phi) is 10.4. The van der Waals surface area contributed by atoms with Gasteiger partial charge in [0.1, 0.15) is 12.6 Å². The van der Waals surface area contributed by atoms with Crippen LogP contribution in [0.15, 0.2) is 114 Å². The van der Waals surface area contributed by atoms with E-state index in [-0.39, 0.29) is 23.8 Å². The van der Waals surface area contributed by atoms with E-state index in [1.54, 1.807) is 54.6 Å². The molecule has 0 bridgehead atoms. The van der Waals surface area contributed by atoms with Crippen molar-refractivity contribution >= 4 is 39.1 Å². The number of likely N-dealkylation sites (N-methyl/N-ethyl adjacent to an activating group) is 1. The number of benzene rings is 4. The summed E-state index contributed by atoms with van der Waals surface area (Å²) in [6.07, 6.45) is 0.811. The van der Waals surface area contributed by atoms with Gasteiger partial charge in [-0.15, -0.1) is 0 Å². The van der Waals surface area contributed by atoms with Crippen LogP contribution in [0.3, 0.4) is 0 Å². The van der Waals surface area contributed by atoms with Gasteiger partial charge in [0.05, 0.1) is 10.6 Å². The second-order valence-corrected chi connectivity index (χ2v) is 12.1. The number of halogens is 1. The monoisotopic (exact) mass is 603 g/mol. The number of aryl methyl sites for hydroxylation is 1. The van der Waals surface area contributed by atoms with Gasteiger partial charge in [-0.1, -0.05) is 97.4 Å². The maximum Gasteiger partial charge on any atom is 0.264 e. The third-order valence-corrected chi connectivity index (χ3v) is 9.06. The van der Waals surface area contributed by atoms with Gasteiger partial charge in [-0.25, -0.2) is 8.42 Å². The molecular formula is C33H34ClN3O4S. The third-order valence-electron chi connectivity index (χ3n) is 7.03. The van der Waals surface area contributed by atoms with E-state index in [0.717, 1.165) is 21.0 Å². The molecule has 0 saturated heterocycles. The number of carbonyl (C=O) groups is 2. The minimum atomic E-state index is -4.14. The van der Waals surface area contributed by atoms with Crippen molar-refractivity contribution in [1.29, 1.82) is 0 Å². The molecule has 0 fully saturated rings. The largest absolute Gasteiger partial charge is 0.357 e. The quantitative estimate of drug-likeness (QED) is 0.232. The van der Waals surface area contributed by atoms with Crippen molar-refractivity contribution in [3.63, 3.8) is 0 Å². The van der Waals surface area contributed by atoms with Crippen LogP contribution in [-0.2, 0) is 39.0 Å². The zero-order valence-corrected chi connectivity index (χ0v) is 25.2. The lowest BCUT2D eigenvalue weighted by molar-refractivity contribution is -0.139. The van der Waals surface area contributed by atoms with E-state index in [1.165, 1.54) is 24.1 Å². The summed E-state index contributed by atoms with van der Waals surface area (Å²) in [5, 5.41) is 3.23. The van der Waals surface area contributed by atoms with Gasteiger partial charge in [-0.3, -0.25) is 13.9 Å². The molecule has 2 amide bonds. The van der Waals surface area contributed by atoms with Crippen molar-refractivity contribution < 1.29 is 18.0 Å². The van der Waals surface area contributed by atoms with Crippen molar-refractivity contribution in [1.82, 2.24) is 10.2 Å². The van der Waals surface area contributed by atoms with Crippen molar-refractivity contribution in [3.05, 3.63) is 131 Å². The number of amides is 2. The fraction of sp³-hybridized carbons (Fsp3) is 0.212. The molecule has 1 N–H and O–H groups in total. The molecule has 4 rings (SSSR count). The lowest BCUT2D eigenvalue weighted by Gasteiger charge is -2.34. The van der Waals surface area contributed by atoms with Crippen LogP contribution in [0, 0.1) is 0 Å². The molecule has 0 unspecified atom stereocenters. The first kappa shape index (κ1) is 30.8. The summed E-state index contributed by atoms with van der Waals surface area (Å²) in [5.74, 6) is -0.868. The van der Waals surface area contributed by atoms with Crippen molar-refractivity contribution in [2.24, 2.45) is 0 Å². The molecular weight excluding hydrogens is 570 g/mol. The molecule has 0 aliphatic carbocycles. The summed E-state index contributed by atoms with van der Waals surface area (Å²) < 4.78 is 29.3. The van der Waals surface area contributed by atoms with Crippen molar-refractivity contribution in [2.75, 3.05) is 17.9 Å². The highest BCUT2D eigenvalue weighted by atomic mass is 35.5. The topological polar surface area (TPSA) is 86.8 Å². The molecule has 0 heterocycles. The Morgan fingerprint density at radius 3 is 2.02 bits per heavy atom. The summed E-state index contributed by atoms with van der Waals surface area (Å²) in [6.45, 7) is 1.52. The minimum Gasteiger partial charge on any atom is -0.357 e. The Hall–Kier alpha value is -4.14. The Labute approximate surface area is 252 Å². The zero-order valence-electron chi connectivity index (χ0n) is 23.6. The molecule has 0 radical (unpaired) electrons. The summed E-state index contributed by atoms with van der Waals surface area (Å²) in [7, 11) is -2.61. The predicted molar refractivity (Wildman–Crippen MR) is 167 cm³/mol. The summed E-state index contributed by atoms with van der Waals surface area (Å²) >= 11 is 6.11. The maximum absolute atomic E-state index is 14.3. The van der Waals surface area contributed by atoms with Gasteiger partial charge >= 0.3 is 0 Å². The SMILES string of the molecule is CCc1ccccc1N(CC(=O)N(Cc1ccc(Cl)cc1)[C@H](Cc1ccccc1)C(=O)NC)S(=O)(=O)c1ccccc1. The molecule has 42 heavy (non-hydrogen) atoms. The number of hydrogen-bond donors (Lipinski definition) is 1. The van der Waals surface area contributed by atoms with Crippen LogP contribution in [0.5, 0.6) is 0 Å². The summed E-state index contributed by atoms with van der Waals surface area (Å²) in [5.41, 5.74) is 2.82. The fourth-order valence-corrected chi connectivity index (χ4v) is 6.39. The van der Waals surface area contributed by atoms with E-state index in [1.807, 2.05) is 49.4 Å². The standard InChI is InChI=1S/C33H34ClN3O4S/c1-3-27-14-10-11-17-30(27)37(42(40,41)29-15-8-5-9-16-29)24-32(38)36(23-26-18-20-28(34)21-19-26)31(33(39)35-2)22-25-12-6-4-7-13-25/h4-21,31H,3,22-24H2,1-2H3,(H,35,39)/t31-/m1/s1. The molecule has 4 aromatic carbocycles. The molecule has 218 valence electrons. The van der Waals surface area contributed by atoms with E-state index >= 15 is 0 Å². The summed E-state index contributed by atoms with van der Waals surface area (Å²) in [4.78, 5) is 29.2. The molecule has 0 aliphatic heterocycles. The Balaban J connectivity index is 1.80. The van der Waals surface area contributed by atoms with Crippen LogP contribution in [0.4, 0.5) is 5.69 Å². The Morgan fingerprint density at radius 2 is 1.40 bits per heavy atom. The fourth-order valence-electron chi connectivity index (χ4n) is 4.79. The maximum atomic E-state index is 14.3. The minimum absolute atomic E-state index is 0.0695. The predicted octanol–water partition coefficient (Wildman–Crippen LogP) is 5.48. The first-order valence-electron chi connectivity index (χ1n) is 13.7. The Morgan fingerprint density at radius 1 is 0.810 bits per heavy atom. The van der Waals surface area contributed by atoms with Gasteiger partial charge in [0.25, 0.3) is 10.0 Å². The highest BCUT2D eigenvalue weighted by molar-refractivity contribution is 7.92. The lowest BCUT2D eigenvalue weighted by Crippen LogP contribution is -2.53. The van der Waals surface area contributed by atoms with Gasteiger partial charge < -0.3 is 10.2 Å². The van der Waals surface area contributed by atoms with Crippen LogP contribution >= 0.6 is 11.6 Å². The molecule has 0 spiro atoms. The second-order valence-electron chi connectivity index (χ2n) is 9.77. The highest BCUT2D eigenvalue weighted by Crippen LogP contribution is 2.28. The molecule has 9 heteroatoms. The zero-order chi connectivity index (χ0) is 30.1. The summed E-state index contributed by atoms with van der Waals surface area (Å²) in [6, 6.07) is 30.7. The van der Waals surface area contributed by atoms with Crippen LogP contribution < -0.4 is 9.62 Å². The number of anilines is 1. The average molecular weight is 604 g/mol. The van der Waals surface area contributed by atoms with Crippen LogP contribution in [-0.4, -0.2) is 44.8 Å². The molecule has 1 atom stereocenters. The van der Waals surface area contributed by atoms with Crippen LogP contribution in [0.25, 0.3) is 0 Å². The molecule has 4 aromatic rings. The first-order valence-corrected chi connectivity index (χ1v) is 15.5. The first-order chi connectivity index (χ1) is 20.2. The van der Waals surface area contributed by atoms with Gasteiger partial charge in [0, 0.05) is 25.0 Å². The van der Waals surface area contributed by atoms with E-state index in [0.29, 0.717) is 17.1 Å². The number of para-hydroxylation sites is 1. The third kappa shape index (κ3) is 7.38. The van der Waals surface area contributed by atoms with Crippen molar-refractivity contribution in [2.45, 2.75) is 37.2 Å². The molecule has 0 aromatic heterocycles. The normalized spacial score (nSPS) is 11.9. The molecule has 0 aliphatic rings. The average Bonchev–Trinajstić information content (AvgIpc) is 3.02. The number of nitrogens with one attached hydrogen (secondary N) is 1.